The molecule has 0 heterocycles. The average molecular weight is 612 g/mol. The minimum atomic E-state index is -4.71. The predicted molar refractivity (Wildman–Crippen MR) is 146 cm³/mol. The van der Waals surface area contributed by atoms with E-state index in [0.29, 0.717) is 46.8 Å². The van der Waals surface area contributed by atoms with Crippen molar-refractivity contribution in [1.82, 2.24) is 0 Å². The first-order valence-electron chi connectivity index (χ1n) is 12.8. The number of anilines is 1. The number of hydrogen-bond donors (Lipinski definition) is 1. The Morgan fingerprint density at radius 2 is 1.43 bits per heavy atom. The first kappa shape index (κ1) is 31.2. The second-order valence-corrected chi connectivity index (χ2v) is 9.93. The molecule has 1 atom stereocenters. The van der Waals surface area contributed by atoms with Crippen LogP contribution in [0.15, 0.2) is 84.9 Å². The Labute approximate surface area is 242 Å². The van der Waals surface area contributed by atoms with Crippen molar-refractivity contribution >= 4 is 17.3 Å². The van der Waals surface area contributed by atoms with Crippen molar-refractivity contribution in [3.8, 4) is 11.5 Å². The van der Waals surface area contributed by atoms with Crippen LogP contribution in [-0.2, 0) is 25.3 Å². The summed E-state index contributed by atoms with van der Waals surface area (Å²) in [5.74, 6) is -0.0678. The molecule has 0 aliphatic rings. The second-order valence-electron chi connectivity index (χ2n) is 9.53. The predicted octanol–water partition coefficient (Wildman–Crippen LogP) is 9.61. The molecule has 0 aliphatic heterocycles. The molecule has 11 heteroatoms. The molecule has 1 N–H and O–H groups in total. The summed E-state index contributed by atoms with van der Waals surface area (Å²) in [7, 11) is 0. The Balaban J connectivity index is 1.67. The summed E-state index contributed by atoms with van der Waals surface area (Å²) in [6.45, 7) is 1.25. The van der Waals surface area contributed by atoms with E-state index < -0.39 is 41.9 Å². The Morgan fingerprint density at radius 1 is 0.786 bits per heavy atom. The maximum absolute atomic E-state index is 14.7. The zero-order chi connectivity index (χ0) is 30.7. The molecule has 0 aromatic heterocycles. The number of halogens is 8. The van der Waals surface area contributed by atoms with Crippen molar-refractivity contribution in [2.75, 3.05) is 11.4 Å². The Morgan fingerprint density at radius 3 is 2.07 bits per heavy atom. The number of alkyl halides is 6. The number of aliphatic hydroxyl groups excluding tert-OH is 1. The molecule has 0 amide bonds. The van der Waals surface area contributed by atoms with Gasteiger partial charge in [-0.25, -0.2) is 4.39 Å². The lowest BCUT2D eigenvalue weighted by atomic mass is 10.0. The van der Waals surface area contributed by atoms with Gasteiger partial charge in [-0.3, -0.25) is 0 Å². The normalized spacial score (nSPS) is 12.7. The lowest BCUT2D eigenvalue weighted by Gasteiger charge is -2.28. The monoisotopic (exact) mass is 611 g/mol. The lowest BCUT2D eigenvalue weighted by molar-refractivity contribution is -0.138. The van der Waals surface area contributed by atoms with Gasteiger partial charge in [0.05, 0.1) is 17.2 Å². The van der Waals surface area contributed by atoms with Crippen molar-refractivity contribution in [3.05, 3.63) is 124 Å². The van der Waals surface area contributed by atoms with E-state index in [1.54, 1.807) is 42.5 Å². The van der Waals surface area contributed by atoms with E-state index in [1.165, 1.54) is 4.90 Å². The van der Waals surface area contributed by atoms with Crippen LogP contribution in [0.2, 0.25) is 5.02 Å². The van der Waals surface area contributed by atoms with Gasteiger partial charge in [-0.15, -0.1) is 0 Å². The van der Waals surface area contributed by atoms with E-state index in [4.69, 9.17) is 16.3 Å². The molecule has 42 heavy (non-hydrogen) atoms. The smallest absolute Gasteiger partial charge is 0.416 e. The molecular weight excluding hydrogens is 587 g/mol. The summed E-state index contributed by atoms with van der Waals surface area (Å²) < 4.78 is 99.8. The van der Waals surface area contributed by atoms with Crippen molar-refractivity contribution < 1.29 is 40.6 Å². The van der Waals surface area contributed by atoms with Crippen LogP contribution in [0.1, 0.15) is 40.8 Å². The van der Waals surface area contributed by atoms with Gasteiger partial charge in [0.2, 0.25) is 0 Å². The summed E-state index contributed by atoms with van der Waals surface area (Å²) in [6.07, 6.45) is -9.99. The van der Waals surface area contributed by atoms with Crippen molar-refractivity contribution in [2.24, 2.45) is 0 Å². The third kappa shape index (κ3) is 7.74. The first-order chi connectivity index (χ1) is 19.7. The molecule has 0 radical (unpaired) electrons. The minimum absolute atomic E-state index is 0.137. The molecule has 0 fully saturated rings. The standard InChI is InChI=1S/C31H25ClF7NO2/c1-2-19-15-26(11-12-27(19)32)42-25-5-3-4-24(16-25)40(17-21-14-23(31(37,38)39)10-13-28(21)33)18-29(41)20-6-8-22(9-7-20)30(34,35)36/h3-16,29,41H,2,17-18H2,1H3. The number of aryl methyl sites for hydroxylation is 1. The van der Waals surface area contributed by atoms with E-state index in [9.17, 15) is 35.8 Å². The van der Waals surface area contributed by atoms with Gasteiger partial charge >= 0.3 is 12.4 Å². The van der Waals surface area contributed by atoms with E-state index in [2.05, 4.69) is 0 Å². The van der Waals surface area contributed by atoms with Crippen LogP contribution in [0, 0.1) is 5.82 Å². The highest BCUT2D eigenvalue weighted by atomic mass is 35.5. The van der Waals surface area contributed by atoms with Gasteiger partial charge in [-0.1, -0.05) is 36.7 Å². The molecule has 0 bridgehead atoms. The third-order valence-electron chi connectivity index (χ3n) is 6.57. The molecular formula is C31H25ClF7NO2. The molecule has 4 aromatic rings. The van der Waals surface area contributed by atoms with E-state index in [1.807, 2.05) is 6.92 Å². The Bertz CT molecular complexity index is 1520. The van der Waals surface area contributed by atoms with Crippen LogP contribution in [0.4, 0.5) is 36.4 Å². The van der Waals surface area contributed by atoms with Crippen LogP contribution in [0.25, 0.3) is 0 Å². The number of rotatable bonds is 9. The number of hydrogen-bond acceptors (Lipinski definition) is 3. The molecule has 4 rings (SSSR count). The highest BCUT2D eigenvalue weighted by Gasteiger charge is 2.32. The van der Waals surface area contributed by atoms with Crippen LogP contribution in [0.5, 0.6) is 11.5 Å². The molecule has 1 unspecified atom stereocenters. The van der Waals surface area contributed by atoms with Gasteiger partial charge in [-0.05, 0) is 78.2 Å². The third-order valence-corrected chi connectivity index (χ3v) is 6.94. The summed E-state index contributed by atoms with van der Waals surface area (Å²) in [5, 5.41) is 11.5. The van der Waals surface area contributed by atoms with Gasteiger partial charge in [0.15, 0.2) is 0 Å². The summed E-state index contributed by atoms with van der Waals surface area (Å²) >= 11 is 6.18. The van der Waals surface area contributed by atoms with Gasteiger partial charge in [0.25, 0.3) is 0 Å². The van der Waals surface area contributed by atoms with E-state index in [0.717, 1.165) is 29.8 Å². The summed E-state index contributed by atoms with van der Waals surface area (Å²) in [5.41, 5.74) is -0.890. The fourth-order valence-electron chi connectivity index (χ4n) is 4.31. The maximum Gasteiger partial charge on any atom is 0.416 e. The Kier molecular flexibility index (Phi) is 9.37. The van der Waals surface area contributed by atoms with Gasteiger partial charge in [-0.2, -0.15) is 26.3 Å². The Hall–Kier alpha value is -3.76. The molecule has 0 saturated carbocycles. The molecule has 3 nitrogen and oxygen atoms in total. The van der Waals surface area contributed by atoms with E-state index >= 15 is 0 Å². The van der Waals surface area contributed by atoms with Gasteiger partial charge in [0, 0.05) is 35.4 Å². The number of nitrogens with zero attached hydrogens (tertiary/aromatic N) is 1. The fourth-order valence-corrected chi connectivity index (χ4v) is 4.56. The molecule has 0 saturated heterocycles. The van der Waals surface area contributed by atoms with Crippen LogP contribution >= 0.6 is 11.6 Å². The number of ether oxygens (including phenoxy) is 1. The fraction of sp³-hybridized carbons (Fsp3) is 0.226. The highest BCUT2D eigenvalue weighted by Crippen LogP contribution is 2.34. The molecule has 0 aliphatic carbocycles. The molecule has 0 spiro atoms. The highest BCUT2D eigenvalue weighted by molar-refractivity contribution is 6.31. The van der Waals surface area contributed by atoms with Crippen molar-refractivity contribution in [3.63, 3.8) is 0 Å². The maximum atomic E-state index is 14.7. The minimum Gasteiger partial charge on any atom is -0.457 e. The first-order valence-corrected chi connectivity index (χ1v) is 13.1. The zero-order valence-corrected chi connectivity index (χ0v) is 22.9. The van der Waals surface area contributed by atoms with Crippen LogP contribution in [-0.4, -0.2) is 11.7 Å². The largest absolute Gasteiger partial charge is 0.457 e. The second kappa shape index (κ2) is 12.6. The molecule has 222 valence electrons. The number of benzene rings is 4. The quantitative estimate of drug-likeness (QED) is 0.191. The van der Waals surface area contributed by atoms with Gasteiger partial charge in [0.1, 0.15) is 17.3 Å². The topological polar surface area (TPSA) is 32.7 Å². The molecule has 4 aromatic carbocycles. The average Bonchev–Trinajstić information content (AvgIpc) is 2.94. The summed E-state index contributed by atoms with van der Waals surface area (Å²) in [4.78, 5) is 1.42. The lowest BCUT2D eigenvalue weighted by Crippen LogP contribution is -2.29. The number of aliphatic hydroxyl groups is 1. The van der Waals surface area contributed by atoms with Gasteiger partial charge < -0.3 is 14.7 Å². The summed E-state index contributed by atoms with van der Waals surface area (Å²) in [6, 6.07) is 17.4. The van der Waals surface area contributed by atoms with Crippen molar-refractivity contribution in [1.29, 1.82) is 0 Å². The van der Waals surface area contributed by atoms with Crippen LogP contribution in [0.3, 0.4) is 0 Å². The van der Waals surface area contributed by atoms with Crippen molar-refractivity contribution in [2.45, 2.75) is 38.3 Å². The van der Waals surface area contributed by atoms with E-state index in [-0.39, 0.29) is 17.7 Å². The SMILES string of the molecule is CCc1cc(Oc2cccc(N(Cc3cc(C(F)(F)F)ccc3F)CC(O)c3ccc(C(F)(F)F)cc3)c2)ccc1Cl. The van der Waals surface area contributed by atoms with Crippen LogP contribution < -0.4 is 9.64 Å². The zero-order valence-electron chi connectivity index (χ0n) is 22.1.